The molecule has 0 aromatic heterocycles. The van der Waals surface area contributed by atoms with Crippen LogP contribution in [-0.2, 0) is 15.7 Å². The molecule has 0 saturated heterocycles. The second-order valence-electron chi connectivity index (χ2n) is 7.47. The number of primary amides is 1. The minimum atomic E-state index is -4.66. The van der Waals surface area contributed by atoms with Crippen LogP contribution >= 0.6 is 0 Å². The van der Waals surface area contributed by atoms with E-state index in [1.165, 1.54) is 37.3 Å². The molecule has 8 nitrogen and oxygen atoms in total. The van der Waals surface area contributed by atoms with E-state index in [1.54, 1.807) is 0 Å². The van der Waals surface area contributed by atoms with Gasteiger partial charge in [0.1, 0.15) is 6.04 Å². The second-order valence-corrected chi connectivity index (χ2v) is 7.47. The van der Waals surface area contributed by atoms with Crippen LogP contribution in [0.25, 0.3) is 6.08 Å². The predicted molar refractivity (Wildman–Crippen MR) is 122 cm³/mol. The number of nitrogens with zero attached hydrogens (tertiary/aromatic N) is 3. The van der Waals surface area contributed by atoms with Crippen LogP contribution in [0.1, 0.15) is 35.2 Å². The van der Waals surface area contributed by atoms with Crippen LogP contribution in [0.3, 0.4) is 0 Å². The average molecular weight is 483 g/mol. The molecular weight excluding hydrogens is 463 g/mol. The molecule has 1 atom stereocenters. The molecular formula is C24H20F3N5O3. The normalized spacial score (nSPS) is 16.1. The lowest BCUT2D eigenvalue weighted by atomic mass is 9.89. The Bertz CT molecular complexity index is 1310. The first kappa shape index (κ1) is 25.0. The van der Waals surface area contributed by atoms with E-state index in [2.05, 4.69) is 6.58 Å². The number of guanidine groups is 1. The van der Waals surface area contributed by atoms with E-state index in [0.29, 0.717) is 11.1 Å². The van der Waals surface area contributed by atoms with Gasteiger partial charge in [0.2, 0.25) is 5.96 Å². The second kappa shape index (κ2) is 9.34. The number of anilines is 1. The van der Waals surface area contributed by atoms with Gasteiger partial charge in [-0.2, -0.15) is 18.4 Å². The molecule has 0 spiro atoms. The number of amides is 2. The predicted octanol–water partition coefficient (Wildman–Crippen LogP) is 4.54. The number of nitrogens with two attached hydrogens (primary N) is 1. The zero-order chi connectivity index (χ0) is 26.1. The van der Waals surface area contributed by atoms with Crippen molar-refractivity contribution in [1.29, 1.82) is 10.7 Å². The molecule has 35 heavy (non-hydrogen) atoms. The van der Waals surface area contributed by atoms with Crippen molar-refractivity contribution >= 4 is 29.7 Å². The van der Waals surface area contributed by atoms with Crippen molar-refractivity contribution in [3.8, 4) is 6.07 Å². The third kappa shape index (κ3) is 4.46. The zero-order valence-electron chi connectivity index (χ0n) is 18.7. The van der Waals surface area contributed by atoms with Crippen LogP contribution in [0.5, 0.6) is 0 Å². The van der Waals surface area contributed by atoms with Crippen molar-refractivity contribution in [2.75, 3.05) is 12.0 Å². The maximum atomic E-state index is 13.3. The van der Waals surface area contributed by atoms with Crippen LogP contribution in [0.4, 0.5) is 23.7 Å². The number of rotatable bonds is 4. The van der Waals surface area contributed by atoms with Crippen LogP contribution in [0.2, 0.25) is 0 Å². The summed E-state index contributed by atoms with van der Waals surface area (Å²) < 4.78 is 45.0. The summed E-state index contributed by atoms with van der Waals surface area (Å²) in [6.07, 6.45) is -3.26. The van der Waals surface area contributed by atoms with E-state index < -0.39 is 35.7 Å². The van der Waals surface area contributed by atoms with Crippen molar-refractivity contribution in [2.24, 2.45) is 5.73 Å². The van der Waals surface area contributed by atoms with Gasteiger partial charge in [-0.05, 0) is 48.4 Å². The molecule has 0 fully saturated rings. The van der Waals surface area contributed by atoms with Gasteiger partial charge in [-0.1, -0.05) is 24.8 Å². The van der Waals surface area contributed by atoms with Gasteiger partial charge in [-0.25, -0.2) is 9.59 Å². The highest BCUT2D eigenvalue weighted by atomic mass is 19.4. The lowest BCUT2D eigenvalue weighted by molar-refractivity contribution is -0.138. The molecule has 2 aromatic rings. The topological polar surface area (TPSA) is 124 Å². The Labute approximate surface area is 198 Å². The molecule has 2 amide bonds. The van der Waals surface area contributed by atoms with Gasteiger partial charge < -0.3 is 10.5 Å². The molecule has 3 N–H and O–H groups in total. The fraction of sp³-hybridized carbons (Fsp3) is 0.167. The fourth-order valence-corrected chi connectivity index (χ4v) is 3.94. The molecule has 0 bridgehead atoms. The Balaban J connectivity index is 2.35. The van der Waals surface area contributed by atoms with E-state index in [0.717, 1.165) is 35.1 Å². The van der Waals surface area contributed by atoms with Crippen molar-refractivity contribution in [1.82, 2.24) is 4.90 Å². The molecule has 3 rings (SSSR count). The first-order valence-electron chi connectivity index (χ1n) is 10.1. The summed E-state index contributed by atoms with van der Waals surface area (Å²) >= 11 is 0. The Kier molecular flexibility index (Phi) is 6.68. The number of methoxy groups -OCH3 is 1. The Morgan fingerprint density at radius 1 is 1.26 bits per heavy atom. The zero-order valence-corrected chi connectivity index (χ0v) is 18.7. The number of hydrogen-bond donors (Lipinski definition) is 2. The number of urea groups is 1. The van der Waals surface area contributed by atoms with Gasteiger partial charge in [0.05, 0.1) is 29.9 Å². The van der Waals surface area contributed by atoms with E-state index in [4.69, 9.17) is 15.9 Å². The minimum Gasteiger partial charge on any atom is -0.466 e. The molecule has 0 radical (unpaired) electrons. The molecule has 1 heterocycles. The number of halogens is 3. The standard InChI is InChI=1S/C24H20F3N5O3/c1-4-15-10-14(12-28)8-9-18(15)20-19(21(33)35-3)13(2)31(22(29)32(20)23(30)34)17-7-5-6-16(11-17)24(25,26)27/h4-11,20,29H,1H2,2-3H3,(H2,30,34)/t20-/m1/s1. The third-order valence-electron chi connectivity index (χ3n) is 5.50. The quantitative estimate of drug-likeness (QED) is 0.618. The van der Waals surface area contributed by atoms with Crippen molar-refractivity contribution in [2.45, 2.75) is 19.1 Å². The summed E-state index contributed by atoms with van der Waals surface area (Å²) in [5.74, 6) is -1.46. The molecule has 0 aliphatic carbocycles. The highest BCUT2D eigenvalue weighted by molar-refractivity contribution is 6.10. The number of carbonyl (C=O) groups excluding carboxylic acids is 2. The summed E-state index contributed by atoms with van der Waals surface area (Å²) in [5, 5.41) is 17.9. The van der Waals surface area contributed by atoms with Crippen molar-refractivity contribution < 1.29 is 27.5 Å². The number of benzene rings is 2. The van der Waals surface area contributed by atoms with E-state index in [9.17, 15) is 28.0 Å². The van der Waals surface area contributed by atoms with E-state index in [1.807, 2.05) is 6.07 Å². The summed E-state index contributed by atoms with van der Waals surface area (Å²) in [5.41, 5.74) is 5.42. The Morgan fingerprint density at radius 3 is 2.49 bits per heavy atom. The summed E-state index contributed by atoms with van der Waals surface area (Å²) in [6, 6.07) is 8.10. The first-order valence-corrected chi connectivity index (χ1v) is 10.1. The Hall–Kier alpha value is -4.59. The van der Waals surface area contributed by atoms with Gasteiger partial charge in [-0.15, -0.1) is 0 Å². The monoisotopic (exact) mass is 483 g/mol. The maximum absolute atomic E-state index is 13.3. The van der Waals surface area contributed by atoms with Crippen LogP contribution in [0.15, 0.2) is 60.3 Å². The highest BCUT2D eigenvalue weighted by Crippen LogP contribution is 2.42. The van der Waals surface area contributed by atoms with Gasteiger partial charge in [0.15, 0.2) is 0 Å². The highest BCUT2D eigenvalue weighted by Gasteiger charge is 2.44. The van der Waals surface area contributed by atoms with Gasteiger partial charge in [0.25, 0.3) is 0 Å². The molecule has 0 unspecified atom stereocenters. The van der Waals surface area contributed by atoms with Gasteiger partial charge in [-0.3, -0.25) is 15.2 Å². The van der Waals surface area contributed by atoms with Crippen molar-refractivity contribution in [3.05, 3.63) is 82.6 Å². The molecule has 0 saturated carbocycles. The van der Waals surface area contributed by atoms with Crippen LogP contribution in [0, 0.1) is 16.7 Å². The minimum absolute atomic E-state index is 0.0584. The van der Waals surface area contributed by atoms with E-state index >= 15 is 0 Å². The smallest absolute Gasteiger partial charge is 0.416 e. The maximum Gasteiger partial charge on any atom is 0.416 e. The Morgan fingerprint density at radius 2 is 1.94 bits per heavy atom. The number of ether oxygens (including phenoxy) is 1. The largest absolute Gasteiger partial charge is 0.466 e. The van der Waals surface area contributed by atoms with Crippen LogP contribution in [-0.4, -0.2) is 30.0 Å². The first-order chi connectivity index (χ1) is 16.5. The SMILES string of the molecule is C=Cc1cc(C#N)ccc1[C@@H]1C(C(=O)OC)=C(C)N(c2cccc(C(F)(F)F)c2)C(=N)N1C(N)=O. The lowest BCUT2D eigenvalue weighted by Gasteiger charge is -2.43. The van der Waals surface area contributed by atoms with Gasteiger partial charge in [0, 0.05) is 11.4 Å². The third-order valence-corrected chi connectivity index (χ3v) is 5.50. The molecule has 11 heteroatoms. The number of carbonyl (C=O) groups is 2. The molecule has 2 aromatic carbocycles. The molecule has 1 aliphatic heterocycles. The lowest BCUT2D eigenvalue weighted by Crippen LogP contribution is -2.55. The summed E-state index contributed by atoms with van der Waals surface area (Å²) in [6.45, 7) is 5.13. The number of nitriles is 1. The summed E-state index contributed by atoms with van der Waals surface area (Å²) in [4.78, 5) is 27.3. The number of allylic oxidation sites excluding steroid dienone is 1. The van der Waals surface area contributed by atoms with Gasteiger partial charge >= 0.3 is 18.2 Å². The number of alkyl halides is 3. The van der Waals surface area contributed by atoms with Crippen LogP contribution < -0.4 is 10.6 Å². The number of esters is 1. The number of hydrogen-bond acceptors (Lipinski definition) is 5. The summed E-state index contributed by atoms with van der Waals surface area (Å²) in [7, 11) is 1.11. The van der Waals surface area contributed by atoms with Crippen molar-refractivity contribution in [3.63, 3.8) is 0 Å². The van der Waals surface area contributed by atoms with E-state index in [-0.39, 0.29) is 22.5 Å². The average Bonchev–Trinajstić information content (AvgIpc) is 2.82. The molecule has 180 valence electrons. The molecule has 1 aliphatic rings. The fourth-order valence-electron chi connectivity index (χ4n) is 3.94. The number of nitrogens with one attached hydrogen (secondary N) is 1.